The smallest absolute Gasteiger partial charge is 0.293 e. The first kappa shape index (κ1) is 22.6. The number of carbonyl (C=O) groups excluding carboxylic acids is 2. The molecule has 0 N–H and O–H groups in total. The number of carbonyl (C=O) groups is 2. The van der Waals surface area contributed by atoms with Crippen molar-refractivity contribution in [3.63, 3.8) is 0 Å². The number of nitrogens with zero attached hydrogens (tertiary/aromatic N) is 2. The van der Waals surface area contributed by atoms with E-state index >= 15 is 0 Å². The summed E-state index contributed by atoms with van der Waals surface area (Å²) in [5.41, 5.74) is 1.31. The second-order valence-electron chi connectivity index (χ2n) is 6.40. The number of nitro benzene ring substituents is 1. The minimum Gasteiger partial charge on any atom is -0.490 e. The Kier molecular flexibility index (Phi) is 7.19. The van der Waals surface area contributed by atoms with E-state index in [4.69, 9.17) is 21.1 Å². The van der Waals surface area contributed by atoms with Crippen molar-refractivity contribution in [2.24, 2.45) is 0 Å². The highest BCUT2D eigenvalue weighted by Crippen LogP contribution is 2.39. The van der Waals surface area contributed by atoms with Crippen LogP contribution in [0.1, 0.15) is 25.0 Å². The molecule has 0 spiro atoms. The van der Waals surface area contributed by atoms with Crippen molar-refractivity contribution >= 4 is 46.3 Å². The van der Waals surface area contributed by atoms with Gasteiger partial charge in [-0.15, -0.1) is 0 Å². The van der Waals surface area contributed by atoms with E-state index in [-0.39, 0.29) is 28.5 Å². The Bertz CT molecular complexity index is 1050. The summed E-state index contributed by atoms with van der Waals surface area (Å²) >= 11 is 7.29. The minimum atomic E-state index is -0.470. The van der Waals surface area contributed by atoms with Crippen LogP contribution in [0.5, 0.6) is 11.5 Å². The largest absolute Gasteiger partial charge is 0.490 e. The lowest BCUT2D eigenvalue weighted by atomic mass is 10.1. The molecule has 8 nitrogen and oxygen atoms in total. The summed E-state index contributed by atoms with van der Waals surface area (Å²) < 4.78 is 11.5. The van der Waals surface area contributed by atoms with Gasteiger partial charge in [-0.25, -0.2) is 0 Å². The fourth-order valence-corrected chi connectivity index (χ4v) is 4.04. The number of nitro groups is 1. The summed E-state index contributed by atoms with van der Waals surface area (Å²) in [4.78, 5) is 36.0. The topological polar surface area (TPSA) is 99.0 Å². The molecule has 0 atom stereocenters. The number of ether oxygens (including phenoxy) is 2. The molecule has 0 saturated carbocycles. The predicted octanol–water partition coefficient (Wildman–Crippen LogP) is 5.28. The summed E-state index contributed by atoms with van der Waals surface area (Å²) in [5, 5.41) is 10.7. The fraction of sp³-hybridized carbons (Fsp3) is 0.238. The maximum atomic E-state index is 12.3. The molecule has 31 heavy (non-hydrogen) atoms. The normalized spacial score (nSPS) is 14.9. The van der Waals surface area contributed by atoms with Crippen molar-refractivity contribution in [3.8, 4) is 11.5 Å². The van der Waals surface area contributed by atoms with Crippen molar-refractivity contribution in [2.45, 2.75) is 20.5 Å². The van der Waals surface area contributed by atoms with Crippen molar-refractivity contribution in [1.82, 2.24) is 4.90 Å². The lowest BCUT2D eigenvalue weighted by molar-refractivity contribution is -0.384. The Morgan fingerprint density at radius 3 is 2.45 bits per heavy atom. The molecule has 0 unspecified atom stereocenters. The summed E-state index contributed by atoms with van der Waals surface area (Å²) in [6, 6.07) is 9.30. The van der Waals surface area contributed by atoms with Gasteiger partial charge in [0.25, 0.3) is 16.8 Å². The van der Waals surface area contributed by atoms with Gasteiger partial charge in [0.1, 0.15) is 6.61 Å². The van der Waals surface area contributed by atoms with Crippen LogP contribution in [0.2, 0.25) is 5.02 Å². The summed E-state index contributed by atoms with van der Waals surface area (Å²) in [7, 11) is 0. The Morgan fingerprint density at radius 2 is 1.87 bits per heavy atom. The third-order valence-electron chi connectivity index (χ3n) is 4.35. The maximum Gasteiger partial charge on any atom is 0.293 e. The number of hydrogen-bond donors (Lipinski definition) is 0. The molecule has 2 amide bonds. The molecule has 10 heteroatoms. The number of rotatable bonds is 8. The molecule has 162 valence electrons. The summed E-state index contributed by atoms with van der Waals surface area (Å²) in [5.74, 6) is 0.364. The lowest BCUT2D eigenvalue weighted by Crippen LogP contribution is -2.27. The summed E-state index contributed by atoms with van der Waals surface area (Å²) in [6.07, 6.45) is 1.59. The van der Waals surface area contributed by atoms with Gasteiger partial charge >= 0.3 is 0 Å². The van der Waals surface area contributed by atoms with Crippen molar-refractivity contribution in [3.05, 3.63) is 67.6 Å². The second kappa shape index (κ2) is 9.84. The SMILES string of the molecule is CCOc1cc(/C=C2/SC(=O)N(CC)C2=O)cc(Cl)c1OCc1ccc([N+](=O)[O-])cc1. The minimum absolute atomic E-state index is 0.00590. The number of thioether (sulfide) groups is 1. The van der Waals surface area contributed by atoms with Gasteiger partial charge in [-0.1, -0.05) is 11.6 Å². The first-order valence-electron chi connectivity index (χ1n) is 9.41. The van der Waals surface area contributed by atoms with Crippen LogP contribution in [0.15, 0.2) is 41.3 Å². The molecular weight excluding hydrogens is 444 g/mol. The van der Waals surface area contributed by atoms with Crippen molar-refractivity contribution < 1.29 is 24.0 Å². The Hall–Kier alpha value is -3.04. The van der Waals surface area contributed by atoms with E-state index in [1.165, 1.54) is 17.0 Å². The van der Waals surface area contributed by atoms with Crippen LogP contribution in [0.4, 0.5) is 10.5 Å². The lowest BCUT2D eigenvalue weighted by Gasteiger charge is -2.15. The molecule has 2 aromatic carbocycles. The van der Waals surface area contributed by atoms with Crippen LogP contribution < -0.4 is 9.47 Å². The molecular formula is C21H19ClN2O6S. The number of imide groups is 1. The van der Waals surface area contributed by atoms with Crippen LogP contribution in [-0.2, 0) is 11.4 Å². The molecule has 1 saturated heterocycles. The molecule has 1 aliphatic heterocycles. The zero-order valence-corrected chi connectivity index (χ0v) is 18.4. The molecule has 1 aliphatic rings. The first-order chi connectivity index (χ1) is 14.8. The molecule has 3 rings (SSSR count). The number of amides is 2. The summed E-state index contributed by atoms with van der Waals surface area (Å²) in [6.45, 7) is 4.35. The molecule has 0 aliphatic carbocycles. The van der Waals surface area contributed by atoms with Gasteiger partial charge in [-0.2, -0.15) is 0 Å². The van der Waals surface area contributed by atoms with Crippen LogP contribution in [-0.4, -0.2) is 34.1 Å². The highest BCUT2D eigenvalue weighted by molar-refractivity contribution is 8.18. The van der Waals surface area contributed by atoms with E-state index in [1.54, 1.807) is 37.3 Å². The van der Waals surface area contributed by atoms with Crippen LogP contribution in [0.3, 0.4) is 0 Å². The third kappa shape index (κ3) is 5.18. The Morgan fingerprint density at radius 1 is 1.16 bits per heavy atom. The van der Waals surface area contributed by atoms with E-state index in [0.717, 1.165) is 17.3 Å². The van der Waals surface area contributed by atoms with Gasteiger partial charge in [0.2, 0.25) is 0 Å². The molecule has 2 aromatic rings. The second-order valence-corrected chi connectivity index (χ2v) is 7.80. The molecule has 1 fully saturated rings. The highest BCUT2D eigenvalue weighted by Gasteiger charge is 2.33. The fourth-order valence-electron chi connectivity index (χ4n) is 2.87. The standard InChI is InChI=1S/C21H19ClN2O6S/c1-3-23-20(25)18(31-21(23)26)11-14-9-16(22)19(17(10-14)29-4-2)30-12-13-5-7-15(8-6-13)24(27)28/h5-11H,3-4,12H2,1-2H3/b18-11+. The quantitative estimate of drug-likeness (QED) is 0.299. The van der Waals surface area contributed by atoms with Gasteiger partial charge in [0, 0.05) is 18.7 Å². The average Bonchev–Trinajstić information content (AvgIpc) is 3.00. The Labute approximate surface area is 187 Å². The molecule has 0 aromatic heterocycles. The van der Waals surface area contributed by atoms with Crippen molar-refractivity contribution in [2.75, 3.05) is 13.2 Å². The number of halogens is 1. The van der Waals surface area contributed by atoms with E-state index in [1.807, 2.05) is 6.92 Å². The molecule has 0 bridgehead atoms. The van der Waals surface area contributed by atoms with Crippen molar-refractivity contribution in [1.29, 1.82) is 0 Å². The third-order valence-corrected chi connectivity index (χ3v) is 5.54. The predicted molar refractivity (Wildman–Crippen MR) is 118 cm³/mol. The van der Waals surface area contributed by atoms with Crippen LogP contribution in [0, 0.1) is 10.1 Å². The van der Waals surface area contributed by atoms with E-state index in [2.05, 4.69) is 0 Å². The maximum absolute atomic E-state index is 12.3. The van der Waals surface area contributed by atoms with Gasteiger partial charge in [-0.3, -0.25) is 24.6 Å². The van der Waals surface area contributed by atoms with Gasteiger partial charge < -0.3 is 9.47 Å². The highest BCUT2D eigenvalue weighted by atomic mass is 35.5. The first-order valence-corrected chi connectivity index (χ1v) is 10.6. The molecule has 0 radical (unpaired) electrons. The average molecular weight is 463 g/mol. The number of benzene rings is 2. The van der Waals surface area contributed by atoms with Crippen LogP contribution >= 0.6 is 23.4 Å². The van der Waals surface area contributed by atoms with Gasteiger partial charge in [0.15, 0.2) is 11.5 Å². The van der Waals surface area contributed by atoms with Crippen LogP contribution in [0.25, 0.3) is 6.08 Å². The number of hydrogen-bond acceptors (Lipinski definition) is 7. The Balaban J connectivity index is 1.83. The van der Waals surface area contributed by atoms with Gasteiger partial charge in [0.05, 0.1) is 21.5 Å². The van der Waals surface area contributed by atoms with E-state index in [9.17, 15) is 19.7 Å². The molecule has 1 heterocycles. The van der Waals surface area contributed by atoms with E-state index in [0.29, 0.717) is 35.1 Å². The van der Waals surface area contributed by atoms with E-state index < -0.39 is 4.92 Å². The number of non-ortho nitro benzene ring substituents is 1. The van der Waals surface area contributed by atoms with Gasteiger partial charge in [-0.05, 0) is 67.1 Å². The monoisotopic (exact) mass is 462 g/mol. The zero-order chi connectivity index (χ0) is 22.5. The zero-order valence-electron chi connectivity index (χ0n) is 16.8. The number of likely N-dealkylation sites (N-methyl/N-ethyl adjacent to an activating group) is 1.